The van der Waals surface area contributed by atoms with Crippen molar-refractivity contribution in [1.29, 1.82) is 0 Å². The zero-order valence-corrected chi connectivity index (χ0v) is 17.4. The van der Waals surface area contributed by atoms with Crippen molar-refractivity contribution in [2.75, 3.05) is 11.5 Å². The van der Waals surface area contributed by atoms with Crippen molar-refractivity contribution in [3.05, 3.63) is 18.5 Å². The average molecular weight is 413 g/mol. The fourth-order valence-electron chi connectivity index (χ4n) is 3.77. The number of sulfone groups is 1. The minimum absolute atomic E-state index is 0.0186. The Labute approximate surface area is 165 Å². The van der Waals surface area contributed by atoms with E-state index in [1.54, 1.807) is 6.08 Å². The molecule has 0 bridgehead atoms. The second-order valence-corrected chi connectivity index (χ2v) is 11.0. The van der Waals surface area contributed by atoms with Gasteiger partial charge in [-0.1, -0.05) is 37.1 Å². The number of nitrogens with zero attached hydrogens (tertiary/aromatic N) is 3. The molecule has 2 heterocycles. The van der Waals surface area contributed by atoms with Gasteiger partial charge in [0.15, 0.2) is 15.0 Å². The first-order chi connectivity index (χ1) is 12.9. The van der Waals surface area contributed by atoms with Crippen LogP contribution in [0.3, 0.4) is 0 Å². The van der Waals surface area contributed by atoms with Gasteiger partial charge in [0.25, 0.3) is 0 Å². The molecule has 2 fully saturated rings. The molecule has 3 rings (SSSR count). The van der Waals surface area contributed by atoms with Gasteiger partial charge >= 0.3 is 0 Å². The minimum atomic E-state index is -3.00. The molecule has 1 amide bonds. The van der Waals surface area contributed by atoms with Crippen LogP contribution in [0.5, 0.6) is 0 Å². The Morgan fingerprint density at radius 1 is 1.33 bits per heavy atom. The third kappa shape index (κ3) is 5.13. The molecule has 9 heteroatoms. The smallest absolute Gasteiger partial charge is 0.233 e. The number of aromatic nitrogens is 3. The largest absolute Gasteiger partial charge is 0.352 e. The van der Waals surface area contributed by atoms with Gasteiger partial charge in [0.2, 0.25) is 5.91 Å². The van der Waals surface area contributed by atoms with Gasteiger partial charge in [0, 0.05) is 18.5 Å². The maximum Gasteiger partial charge on any atom is 0.233 e. The molecule has 1 aromatic rings. The molecule has 1 aliphatic heterocycles. The summed E-state index contributed by atoms with van der Waals surface area (Å²) in [6.07, 6.45) is 8.02. The van der Waals surface area contributed by atoms with Crippen LogP contribution in [0, 0.1) is 0 Å². The van der Waals surface area contributed by atoms with E-state index in [-0.39, 0.29) is 34.6 Å². The Morgan fingerprint density at radius 2 is 2.07 bits per heavy atom. The molecular weight excluding hydrogens is 384 g/mol. The third-order valence-corrected chi connectivity index (χ3v) is 8.11. The molecule has 2 atom stereocenters. The van der Waals surface area contributed by atoms with Crippen LogP contribution in [-0.4, -0.2) is 51.9 Å². The number of rotatable bonds is 7. The Hall–Kier alpha value is -1.35. The Morgan fingerprint density at radius 3 is 2.70 bits per heavy atom. The molecule has 1 aromatic heterocycles. The highest BCUT2D eigenvalue weighted by Crippen LogP contribution is 2.31. The summed E-state index contributed by atoms with van der Waals surface area (Å²) < 4.78 is 25.5. The second kappa shape index (κ2) is 8.77. The van der Waals surface area contributed by atoms with E-state index in [0.717, 1.165) is 12.8 Å². The standard InChI is InChI=1S/C18H28N4O3S2/c1-3-10-22-16(14-9-11-27(24,25)12-14)20-21-18(22)26-13(2)17(23)19-15-7-5-4-6-8-15/h3,13-15H,1,4-12H2,2H3,(H,19,23). The first-order valence-corrected chi connectivity index (χ1v) is 12.3. The van der Waals surface area contributed by atoms with Crippen LogP contribution in [0.15, 0.2) is 17.8 Å². The lowest BCUT2D eigenvalue weighted by atomic mass is 9.95. The number of amides is 1. The molecule has 1 saturated carbocycles. The fraction of sp³-hybridized carbons (Fsp3) is 0.722. The van der Waals surface area contributed by atoms with Crippen molar-refractivity contribution in [1.82, 2.24) is 20.1 Å². The van der Waals surface area contributed by atoms with E-state index in [9.17, 15) is 13.2 Å². The van der Waals surface area contributed by atoms with E-state index >= 15 is 0 Å². The fourth-order valence-corrected chi connectivity index (χ4v) is 6.38. The summed E-state index contributed by atoms with van der Waals surface area (Å²) >= 11 is 1.37. The van der Waals surface area contributed by atoms with Crippen LogP contribution >= 0.6 is 11.8 Å². The molecule has 0 aromatic carbocycles. The minimum Gasteiger partial charge on any atom is -0.352 e. The monoisotopic (exact) mass is 412 g/mol. The lowest BCUT2D eigenvalue weighted by molar-refractivity contribution is -0.121. The highest BCUT2D eigenvalue weighted by atomic mass is 32.2. The highest BCUT2D eigenvalue weighted by Gasteiger charge is 2.33. The highest BCUT2D eigenvalue weighted by molar-refractivity contribution is 8.00. The lowest BCUT2D eigenvalue weighted by Crippen LogP contribution is -2.40. The molecular formula is C18H28N4O3S2. The number of allylic oxidation sites excluding steroid dienone is 1. The molecule has 27 heavy (non-hydrogen) atoms. The van der Waals surface area contributed by atoms with Gasteiger partial charge < -0.3 is 9.88 Å². The third-order valence-electron chi connectivity index (χ3n) is 5.26. The van der Waals surface area contributed by atoms with Gasteiger partial charge in [-0.15, -0.1) is 16.8 Å². The maximum absolute atomic E-state index is 12.5. The van der Waals surface area contributed by atoms with E-state index in [1.807, 2.05) is 11.5 Å². The number of thioether (sulfide) groups is 1. The number of hydrogen-bond donors (Lipinski definition) is 1. The van der Waals surface area contributed by atoms with Crippen LogP contribution in [0.2, 0.25) is 0 Å². The van der Waals surface area contributed by atoms with Gasteiger partial charge in [-0.25, -0.2) is 8.42 Å². The first-order valence-electron chi connectivity index (χ1n) is 9.61. The first kappa shape index (κ1) is 20.4. The van der Waals surface area contributed by atoms with E-state index in [0.29, 0.717) is 23.9 Å². The molecule has 1 saturated heterocycles. The van der Waals surface area contributed by atoms with Gasteiger partial charge in [0.1, 0.15) is 5.82 Å². The Bertz CT molecular complexity index is 785. The number of hydrogen-bond acceptors (Lipinski definition) is 6. The Balaban J connectivity index is 1.68. The summed E-state index contributed by atoms with van der Waals surface area (Å²) in [5, 5.41) is 12.0. The summed E-state index contributed by atoms with van der Waals surface area (Å²) in [6, 6.07) is 0.277. The summed E-state index contributed by atoms with van der Waals surface area (Å²) in [5.41, 5.74) is 0. The zero-order valence-electron chi connectivity index (χ0n) is 15.8. The molecule has 1 aliphatic carbocycles. The predicted octanol–water partition coefficient (Wildman–Crippen LogP) is 2.30. The van der Waals surface area contributed by atoms with Crippen molar-refractivity contribution < 1.29 is 13.2 Å². The van der Waals surface area contributed by atoms with Crippen molar-refractivity contribution in [2.45, 2.75) is 74.4 Å². The van der Waals surface area contributed by atoms with E-state index < -0.39 is 9.84 Å². The van der Waals surface area contributed by atoms with Crippen LogP contribution in [-0.2, 0) is 21.2 Å². The molecule has 0 spiro atoms. The van der Waals surface area contributed by atoms with Crippen molar-refractivity contribution in [3.8, 4) is 0 Å². The molecule has 2 aliphatic rings. The summed E-state index contributed by atoms with van der Waals surface area (Å²) in [7, 11) is -3.00. The molecule has 1 N–H and O–H groups in total. The molecule has 0 radical (unpaired) electrons. The average Bonchev–Trinajstić information content (AvgIpc) is 3.19. The van der Waals surface area contributed by atoms with Crippen LogP contribution < -0.4 is 5.32 Å². The predicted molar refractivity (Wildman–Crippen MR) is 107 cm³/mol. The van der Waals surface area contributed by atoms with Gasteiger partial charge in [-0.2, -0.15) is 0 Å². The topological polar surface area (TPSA) is 93.9 Å². The SMILES string of the molecule is C=CCn1c(SC(C)C(=O)NC2CCCCC2)nnc1C1CCS(=O)(=O)C1. The normalized spacial score (nSPS) is 23.8. The summed E-state index contributed by atoms with van der Waals surface area (Å²) in [6.45, 7) is 6.15. The lowest BCUT2D eigenvalue weighted by Gasteiger charge is -2.24. The molecule has 7 nitrogen and oxygen atoms in total. The van der Waals surface area contributed by atoms with Crippen molar-refractivity contribution in [2.24, 2.45) is 0 Å². The zero-order chi connectivity index (χ0) is 19.4. The Kier molecular flexibility index (Phi) is 6.62. The number of nitrogens with one attached hydrogen (secondary N) is 1. The number of carbonyl (C=O) groups is 1. The number of carbonyl (C=O) groups excluding carboxylic acids is 1. The maximum atomic E-state index is 12.5. The summed E-state index contributed by atoms with van der Waals surface area (Å²) in [5.74, 6) is 0.873. The van der Waals surface area contributed by atoms with Gasteiger partial charge in [-0.05, 0) is 26.2 Å². The van der Waals surface area contributed by atoms with Gasteiger partial charge in [0.05, 0.1) is 16.8 Å². The van der Waals surface area contributed by atoms with E-state index in [4.69, 9.17) is 0 Å². The van der Waals surface area contributed by atoms with Crippen LogP contribution in [0.4, 0.5) is 0 Å². The van der Waals surface area contributed by atoms with Crippen LogP contribution in [0.25, 0.3) is 0 Å². The van der Waals surface area contributed by atoms with E-state index in [1.165, 1.54) is 31.0 Å². The summed E-state index contributed by atoms with van der Waals surface area (Å²) in [4.78, 5) is 12.5. The van der Waals surface area contributed by atoms with E-state index in [2.05, 4.69) is 22.1 Å². The van der Waals surface area contributed by atoms with Gasteiger partial charge in [-0.3, -0.25) is 4.79 Å². The molecule has 2 unspecified atom stereocenters. The quantitative estimate of drug-likeness (QED) is 0.545. The van der Waals surface area contributed by atoms with Crippen molar-refractivity contribution in [3.63, 3.8) is 0 Å². The van der Waals surface area contributed by atoms with Crippen LogP contribution in [0.1, 0.15) is 57.2 Å². The molecule has 150 valence electrons. The second-order valence-electron chi connectivity index (χ2n) is 7.44. The van der Waals surface area contributed by atoms with Crippen molar-refractivity contribution >= 4 is 27.5 Å².